The summed E-state index contributed by atoms with van der Waals surface area (Å²) in [5.41, 5.74) is 0. The number of benzene rings is 1. The molecule has 0 fully saturated rings. The Morgan fingerprint density at radius 1 is 1.30 bits per heavy atom. The van der Waals surface area contributed by atoms with E-state index in [0.717, 1.165) is 18.6 Å². The minimum absolute atomic E-state index is 0.0590. The van der Waals surface area contributed by atoms with Crippen LogP contribution in [0.1, 0.15) is 40.0 Å². The number of hydrogen-bond acceptors (Lipinski definition) is 3. The van der Waals surface area contributed by atoms with Crippen molar-refractivity contribution in [1.82, 2.24) is 5.32 Å². The Hall–Kier alpha value is -1.71. The molecule has 0 saturated carbocycles. The van der Waals surface area contributed by atoms with Gasteiger partial charge in [-0.15, -0.1) is 0 Å². The summed E-state index contributed by atoms with van der Waals surface area (Å²) in [4.78, 5) is 12.2. The van der Waals surface area contributed by atoms with Gasteiger partial charge in [0.15, 0.2) is 6.10 Å². The molecule has 1 aromatic carbocycles. The molecule has 4 nitrogen and oxygen atoms in total. The monoisotopic (exact) mass is 279 g/mol. The minimum Gasteiger partial charge on any atom is -0.497 e. The number of ether oxygens (including phenoxy) is 2. The lowest BCUT2D eigenvalue weighted by molar-refractivity contribution is -0.128. The molecule has 112 valence electrons. The van der Waals surface area contributed by atoms with Crippen LogP contribution in [-0.4, -0.2) is 25.2 Å². The minimum atomic E-state index is -0.471. The summed E-state index contributed by atoms with van der Waals surface area (Å²) in [6.07, 6.45) is 2.18. The summed E-state index contributed by atoms with van der Waals surface area (Å²) in [7, 11) is 1.61. The van der Waals surface area contributed by atoms with Crippen molar-refractivity contribution in [2.45, 2.75) is 52.2 Å². The molecule has 0 unspecified atom stereocenters. The molecular weight excluding hydrogens is 254 g/mol. The number of carbonyl (C=O) groups is 1. The molecule has 0 spiro atoms. The molecule has 20 heavy (non-hydrogen) atoms. The molecule has 0 aliphatic heterocycles. The predicted molar refractivity (Wildman–Crippen MR) is 80.2 cm³/mol. The van der Waals surface area contributed by atoms with Gasteiger partial charge in [-0.2, -0.15) is 0 Å². The topological polar surface area (TPSA) is 47.6 Å². The van der Waals surface area contributed by atoms with Gasteiger partial charge in [0.25, 0.3) is 5.91 Å². The van der Waals surface area contributed by atoms with Crippen LogP contribution in [0.4, 0.5) is 0 Å². The second kappa shape index (κ2) is 8.46. The van der Waals surface area contributed by atoms with Crippen molar-refractivity contribution >= 4 is 5.91 Å². The number of amides is 1. The zero-order valence-corrected chi connectivity index (χ0v) is 12.8. The fourth-order valence-corrected chi connectivity index (χ4v) is 2.00. The van der Waals surface area contributed by atoms with E-state index < -0.39 is 6.10 Å². The number of rotatable bonds is 8. The molecule has 1 N–H and O–H groups in total. The van der Waals surface area contributed by atoms with Crippen molar-refractivity contribution in [3.05, 3.63) is 24.3 Å². The zero-order valence-electron chi connectivity index (χ0n) is 12.8. The van der Waals surface area contributed by atoms with Gasteiger partial charge in [0, 0.05) is 12.1 Å². The van der Waals surface area contributed by atoms with E-state index in [2.05, 4.69) is 12.2 Å². The molecule has 2 atom stereocenters. The van der Waals surface area contributed by atoms with E-state index in [1.807, 2.05) is 32.0 Å². The van der Waals surface area contributed by atoms with E-state index in [9.17, 15) is 4.79 Å². The molecule has 1 amide bonds. The fraction of sp³-hybridized carbons (Fsp3) is 0.562. The van der Waals surface area contributed by atoms with E-state index in [1.165, 1.54) is 0 Å². The molecular formula is C16H25NO3. The first kappa shape index (κ1) is 16.3. The smallest absolute Gasteiger partial charge is 0.261 e. The molecule has 0 radical (unpaired) electrons. The number of carbonyl (C=O) groups excluding carboxylic acids is 1. The third-order valence-electron chi connectivity index (χ3n) is 3.09. The van der Waals surface area contributed by atoms with Crippen molar-refractivity contribution in [2.24, 2.45) is 0 Å². The Labute approximate surface area is 121 Å². The van der Waals surface area contributed by atoms with E-state index in [4.69, 9.17) is 9.47 Å². The van der Waals surface area contributed by atoms with Gasteiger partial charge in [-0.05, 0) is 31.9 Å². The van der Waals surface area contributed by atoms with Gasteiger partial charge in [0.1, 0.15) is 11.5 Å². The largest absolute Gasteiger partial charge is 0.497 e. The summed E-state index contributed by atoms with van der Waals surface area (Å²) in [5, 5.41) is 2.99. The van der Waals surface area contributed by atoms with Crippen molar-refractivity contribution in [1.29, 1.82) is 0 Å². The first-order valence-corrected chi connectivity index (χ1v) is 7.21. The van der Waals surface area contributed by atoms with Gasteiger partial charge in [-0.3, -0.25) is 4.79 Å². The Bertz CT molecular complexity index is 420. The summed E-state index contributed by atoms with van der Waals surface area (Å²) in [6, 6.07) is 7.48. The molecule has 1 rings (SSSR count). The van der Waals surface area contributed by atoms with Gasteiger partial charge in [-0.25, -0.2) is 0 Å². The molecule has 1 aromatic rings. The third kappa shape index (κ3) is 5.11. The van der Waals surface area contributed by atoms with Crippen molar-refractivity contribution in [3.8, 4) is 11.5 Å². The van der Waals surface area contributed by atoms with Crippen molar-refractivity contribution in [2.75, 3.05) is 7.11 Å². The maximum Gasteiger partial charge on any atom is 0.261 e. The highest BCUT2D eigenvalue weighted by molar-refractivity contribution is 5.81. The quantitative estimate of drug-likeness (QED) is 0.795. The fourth-order valence-electron chi connectivity index (χ4n) is 2.00. The lowest BCUT2D eigenvalue weighted by Gasteiger charge is -2.20. The van der Waals surface area contributed by atoms with E-state index >= 15 is 0 Å². The number of methoxy groups -OCH3 is 1. The van der Waals surface area contributed by atoms with E-state index in [1.54, 1.807) is 13.2 Å². The molecule has 0 aromatic heterocycles. The Morgan fingerprint density at radius 3 is 2.60 bits per heavy atom. The van der Waals surface area contributed by atoms with Crippen LogP contribution < -0.4 is 14.8 Å². The van der Waals surface area contributed by atoms with Crippen LogP contribution in [0.15, 0.2) is 24.3 Å². The highest BCUT2D eigenvalue weighted by atomic mass is 16.5. The van der Waals surface area contributed by atoms with Gasteiger partial charge < -0.3 is 14.8 Å². The molecule has 0 aliphatic carbocycles. The zero-order chi connectivity index (χ0) is 15.0. The Kier molecular flexibility index (Phi) is 6.91. The van der Waals surface area contributed by atoms with E-state index in [-0.39, 0.29) is 11.9 Å². The van der Waals surface area contributed by atoms with Gasteiger partial charge in [0.05, 0.1) is 7.11 Å². The Balaban J connectivity index is 2.63. The maximum atomic E-state index is 12.2. The lowest BCUT2D eigenvalue weighted by atomic mass is 10.1. The van der Waals surface area contributed by atoms with Crippen LogP contribution in [0, 0.1) is 0 Å². The molecule has 0 aliphatic rings. The van der Waals surface area contributed by atoms with Crippen molar-refractivity contribution in [3.63, 3.8) is 0 Å². The van der Waals surface area contributed by atoms with Crippen LogP contribution >= 0.6 is 0 Å². The van der Waals surface area contributed by atoms with Crippen LogP contribution in [-0.2, 0) is 4.79 Å². The number of hydrogen-bond donors (Lipinski definition) is 1. The molecule has 0 bridgehead atoms. The summed E-state index contributed by atoms with van der Waals surface area (Å²) >= 11 is 0. The van der Waals surface area contributed by atoms with Crippen molar-refractivity contribution < 1.29 is 14.3 Å². The van der Waals surface area contributed by atoms with Gasteiger partial charge >= 0.3 is 0 Å². The van der Waals surface area contributed by atoms with Crippen LogP contribution in [0.3, 0.4) is 0 Å². The maximum absolute atomic E-state index is 12.2. The number of nitrogens with one attached hydrogen (secondary N) is 1. The van der Waals surface area contributed by atoms with E-state index in [0.29, 0.717) is 12.2 Å². The third-order valence-corrected chi connectivity index (χ3v) is 3.09. The van der Waals surface area contributed by atoms with Gasteiger partial charge in [0.2, 0.25) is 0 Å². The molecule has 4 heteroatoms. The van der Waals surface area contributed by atoms with Gasteiger partial charge in [-0.1, -0.05) is 26.3 Å². The lowest BCUT2D eigenvalue weighted by Crippen LogP contribution is -2.42. The van der Waals surface area contributed by atoms with Crippen LogP contribution in [0.25, 0.3) is 0 Å². The standard InChI is InChI=1S/C16H25NO3/c1-5-8-12(3)17-16(18)15(6-2)20-14-10-7-9-13(11-14)19-4/h7,9-12,15H,5-6,8H2,1-4H3,(H,17,18)/t12-,15-/m1/s1. The average Bonchev–Trinajstić information content (AvgIpc) is 2.45. The highest BCUT2D eigenvalue weighted by Gasteiger charge is 2.19. The average molecular weight is 279 g/mol. The first-order valence-electron chi connectivity index (χ1n) is 7.21. The van der Waals surface area contributed by atoms with Crippen LogP contribution in [0.2, 0.25) is 0 Å². The summed E-state index contributed by atoms with van der Waals surface area (Å²) < 4.78 is 10.9. The predicted octanol–water partition coefficient (Wildman–Crippen LogP) is 3.16. The molecule has 0 heterocycles. The second-order valence-electron chi connectivity index (χ2n) is 4.89. The highest BCUT2D eigenvalue weighted by Crippen LogP contribution is 2.20. The molecule has 0 saturated heterocycles. The SMILES string of the molecule is CCC[C@@H](C)NC(=O)[C@@H](CC)Oc1cccc(OC)c1. The van der Waals surface area contributed by atoms with Crippen LogP contribution in [0.5, 0.6) is 11.5 Å². The second-order valence-corrected chi connectivity index (χ2v) is 4.89. The first-order chi connectivity index (χ1) is 9.60. The Morgan fingerprint density at radius 2 is 2.00 bits per heavy atom. The normalized spacial score (nSPS) is 13.4. The summed E-state index contributed by atoms with van der Waals surface area (Å²) in [5.74, 6) is 1.31. The summed E-state index contributed by atoms with van der Waals surface area (Å²) in [6.45, 7) is 6.06.